The number of pyridine rings is 1. The third-order valence-corrected chi connectivity index (χ3v) is 5.43. The van der Waals surface area contributed by atoms with Crippen LogP contribution in [-0.2, 0) is 11.2 Å². The van der Waals surface area contributed by atoms with Gasteiger partial charge in [-0.05, 0) is 67.1 Å². The molecule has 29 heavy (non-hydrogen) atoms. The summed E-state index contributed by atoms with van der Waals surface area (Å²) in [4.78, 5) is 28.7. The Morgan fingerprint density at radius 2 is 1.86 bits per heavy atom. The van der Waals surface area contributed by atoms with Crippen molar-refractivity contribution in [1.82, 2.24) is 4.98 Å². The largest absolute Gasteiger partial charge is 0.457 e. The number of fused-ring (bicyclic) bond motifs is 1. The van der Waals surface area contributed by atoms with Crippen molar-refractivity contribution < 1.29 is 14.3 Å². The Morgan fingerprint density at radius 3 is 2.55 bits per heavy atom. The normalized spacial score (nSPS) is 13.4. The topological polar surface area (TPSA) is 56.3 Å². The number of carbonyl (C=O) groups excluding carboxylic acids is 2. The van der Waals surface area contributed by atoms with Gasteiger partial charge in [0, 0.05) is 36.4 Å². The fourth-order valence-corrected chi connectivity index (χ4v) is 3.60. The fraction of sp³-hybridized carbons (Fsp3) is 0.320. The molecule has 1 aliphatic carbocycles. The van der Waals surface area contributed by atoms with Crippen LogP contribution in [-0.4, -0.2) is 16.6 Å². The van der Waals surface area contributed by atoms with Crippen molar-refractivity contribution in [3.8, 4) is 11.5 Å². The summed E-state index contributed by atoms with van der Waals surface area (Å²) >= 11 is 0. The van der Waals surface area contributed by atoms with Gasteiger partial charge in [0.25, 0.3) is 0 Å². The monoisotopic (exact) mass is 387 g/mol. The molecule has 1 aromatic heterocycles. The number of Topliss-reactive ketones (excluding diaryl/α,β-unsaturated/α-hetero) is 2. The molecular weight excluding hydrogens is 362 g/mol. The molecule has 0 unspecified atom stereocenters. The lowest BCUT2D eigenvalue weighted by molar-refractivity contribution is -0.118. The van der Waals surface area contributed by atoms with Crippen molar-refractivity contribution in [2.45, 2.75) is 46.0 Å². The summed E-state index contributed by atoms with van der Waals surface area (Å²) in [6.45, 7) is 3.80. The van der Waals surface area contributed by atoms with Crippen molar-refractivity contribution >= 4 is 22.5 Å². The summed E-state index contributed by atoms with van der Waals surface area (Å²) in [5.41, 5.74) is 3.44. The van der Waals surface area contributed by atoms with E-state index in [4.69, 9.17) is 4.74 Å². The summed E-state index contributed by atoms with van der Waals surface area (Å²) < 4.78 is 6.10. The first-order chi connectivity index (χ1) is 14.0. The van der Waals surface area contributed by atoms with E-state index in [1.807, 2.05) is 56.3 Å². The van der Waals surface area contributed by atoms with Crippen LogP contribution < -0.4 is 4.74 Å². The lowest BCUT2D eigenvalue weighted by Gasteiger charge is -2.12. The average molecular weight is 387 g/mol. The number of rotatable bonds is 8. The van der Waals surface area contributed by atoms with Crippen LogP contribution in [0.2, 0.25) is 0 Å². The number of aryl methyl sites for hydroxylation is 1. The van der Waals surface area contributed by atoms with Crippen molar-refractivity contribution in [3.05, 3.63) is 65.4 Å². The molecule has 4 nitrogen and oxygen atoms in total. The second-order valence-corrected chi connectivity index (χ2v) is 7.88. The Labute approximate surface area is 170 Å². The van der Waals surface area contributed by atoms with Gasteiger partial charge in [-0.25, -0.2) is 0 Å². The molecule has 0 amide bonds. The molecule has 0 radical (unpaired) electrons. The second-order valence-electron chi connectivity index (χ2n) is 7.88. The van der Waals surface area contributed by atoms with Crippen LogP contribution in [0.4, 0.5) is 0 Å². The average Bonchev–Trinajstić information content (AvgIpc) is 3.52. The third-order valence-electron chi connectivity index (χ3n) is 5.43. The molecule has 148 valence electrons. The summed E-state index contributed by atoms with van der Waals surface area (Å²) in [6.07, 6.45) is 5.76. The Kier molecular flexibility index (Phi) is 5.43. The van der Waals surface area contributed by atoms with E-state index >= 15 is 0 Å². The molecule has 0 N–H and O–H groups in total. The van der Waals surface area contributed by atoms with Crippen LogP contribution in [0, 0.1) is 12.8 Å². The van der Waals surface area contributed by atoms with Gasteiger partial charge in [0.15, 0.2) is 5.78 Å². The number of ether oxygens (including phenoxy) is 1. The van der Waals surface area contributed by atoms with Crippen LogP contribution >= 0.6 is 0 Å². The lowest BCUT2D eigenvalue weighted by Crippen LogP contribution is -2.03. The number of aromatic nitrogens is 1. The first kappa shape index (κ1) is 19.3. The van der Waals surface area contributed by atoms with E-state index in [2.05, 4.69) is 4.98 Å². The molecule has 0 atom stereocenters. The van der Waals surface area contributed by atoms with Crippen LogP contribution in [0.25, 0.3) is 10.9 Å². The second kappa shape index (κ2) is 8.16. The molecule has 4 rings (SSSR count). The quantitative estimate of drug-likeness (QED) is 0.456. The molecule has 1 heterocycles. The van der Waals surface area contributed by atoms with Gasteiger partial charge in [0.2, 0.25) is 0 Å². The Hall–Kier alpha value is -3.01. The number of hydrogen-bond donors (Lipinski definition) is 0. The van der Waals surface area contributed by atoms with Crippen LogP contribution in [0.5, 0.6) is 11.5 Å². The number of nitrogens with zero attached hydrogens (tertiary/aromatic N) is 1. The Bertz CT molecular complexity index is 1070. The number of ketones is 2. The molecule has 0 bridgehead atoms. The van der Waals surface area contributed by atoms with Crippen LogP contribution in [0.15, 0.2) is 48.7 Å². The highest BCUT2D eigenvalue weighted by Gasteiger charge is 2.24. The molecule has 4 heteroatoms. The van der Waals surface area contributed by atoms with Crippen molar-refractivity contribution in [2.75, 3.05) is 0 Å². The minimum atomic E-state index is 0.111. The predicted molar refractivity (Wildman–Crippen MR) is 114 cm³/mol. The maximum Gasteiger partial charge on any atom is 0.162 e. The minimum absolute atomic E-state index is 0.111. The van der Waals surface area contributed by atoms with Crippen molar-refractivity contribution in [1.29, 1.82) is 0 Å². The van der Waals surface area contributed by atoms with Gasteiger partial charge in [-0.3, -0.25) is 14.6 Å². The standard InChI is InChI=1S/C25H25NO3/c1-3-24(28)21-15-22-23(12-16(21)2)26-11-10-25(22)29-20-8-6-18(7-9-20)14-19(27)13-17-4-5-17/h6-12,15,17H,3-5,13-14H2,1-2H3. The molecule has 3 aromatic rings. The zero-order chi connectivity index (χ0) is 20.4. The molecule has 1 saturated carbocycles. The first-order valence-electron chi connectivity index (χ1n) is 10.2. The zero-order valence-corrected chi connectivity index (χ0v) is 16.9. The SMILES string of the molecule is CCC(=O)c1cc2c(Oc3ccc(CC(=O)CC4CC4)cc3)ccnc2cc1C. The molecule has 0 aliphatic heterocycles. The summed E-state index contributed by atoms with van der Waals surface area (Å²) in [5.74, 6) is 2.40. The summed E-state index contributed by atoms with van der Waals surface area (Å²) in [7, 11) is 0. The molecule has 1 aliphatic rings. The van der Waals surface area contributed by atoms with E-state index in [1.54, 1.807) is 6.20 Å². The van der Waals surface area contributed by atoms with Gasteiger partial charge >= 0.3 is 0 Å². The van der Waals surface area contributed by atoms with Gasteiger partial charge < -0.3 is 4.74 Å². The minimum Gasteiger partial charge on any atom is -0.457 e. The van der Waals surface area contributed by atoms with E-state index in [0.29, 0.717) is 48.0 Å². The van der Waals surface area contributed by atoms with Gasteiger partial charge in [-0.1, -0.05) is 19.1 Å². The lowest BCUT2D eigenvalue weighted by atomic mass is 10.00. The van der Waals surface area contributed by atoms with Gasteiger partial charge in [0.1, 0.15) is 17.3 Å². The highest BCUT2D eigenvalue weighted by atomic mass is 16.5. The molecule has 0 saturated heterocycles. The highest BCUT2D eigenvalue weighted by Crippen LogP contribution is 2.33. The van der Waals surface area contributed by atoms with E-state index in [1.165, 1.54) is 12.8 Å². The molecule has 1 fully saturated rings. The fourth-order valence-electron chi connectivity index (χ4n) is 3.60. The molecule has 0 spiro atoms. The zero-order valence-electron chi connectivity index (χ0n) is 16.9. The van der Waals surface area contributed by atoms with Gasteiger partial charge in [-0.2, -0.15) is 0 Å². The van der Waals surface area contributed by atoms with Crippen LogP contribution in [0.1, 0.15) is 54.1 Å². The van der Waals surface area contributed by atoms with Crippen molar-refractivity contribution in [2.24, 2.45) is 5.92 Å². The third kappa shape index (κ3) is 4.53. The predicted octanol–water partition coefficient (Wildman–Crippen LogP) is 5.84. The smallest absolute Gasteiger partial charge is 0.162 e. The number of carbonyl (C=O) groups is 2. The Morgan fingerprint density at radius 1 is 1.10 bits per heavy atom. The van der Waals surface area contributed by atoms with E-state index < -0.39 is 0 Å². The highest BCUT2D eigenvalue weighted by molar-refractivity contribution is 6.01. The van der Waals surface area contributed by atoms with Crippen LogP contribution in [0.3, 0.4) is 0 Å². The summed E-state index contributed by atoms with van der Waals surface area (Å²) in [6, 6.07) is 13.3. The first-order valence-corrected chi connectivity index (χ1v) is 10.2. The van der Waals surface area contributed by atoms with E-state index in [0.717, 1.165) is 22.0 Å². The van der Waals surface area contributed by atoms with Crippen molar-refractivity contribution in [3.63, 3.8) is 0 Å². The van der Waals surface area contributed by atoms with E-state index in [9.17, 15) is 9.59 Å². The maximum atomic E-state index is 12.3. The Balaban J connectivity index is 1.55. The summed E-state index contributed by atoms with van der Waals surface area (Å²) in [5, 5.41) is 0.818. The number of benzene rings is 2. The van der Waals surface area contributed by atoms with Gasteiger partial charge in [0.05, 0.1) is 5.52 Å². The number of hydrogen-bond acceptors (Lipinski definition) is 4. The molecular formula is C25H25NO3. The van der Waals surface area contributed by atoms with Gasteiger partial charge in [-0.15, -0.1) is 0 Å². The van der Waals surface area contributed by atoms with E-state index in [-0.39, 0.29) is 5.78 Å². The maximum absolute atomic E-state index is 12.3. The molecule has 2 aromatic carbocycles.